The van der Waals surface area contributed by atoms with E-state index in [1.54, 1.807) is 12.1 Å². The Balaban J connectivity index is 1.76. The molecule has 0 saturated heterocycles. The summed E-state index contributed by atoms with van der Waals surface area (Å²) in [5.74, 6) is -3.18. The van der Waals surface area contributed by atoms with E-state index in [0.29, 0.717) is 5.56 Å². The Hall–Kier alpha value is -3.52. The van der Waals surface area contributed by atoms with Crippen LogP contribution in [-0.2, 0) is 6.54 Å². The highest BCUT2D eigenvalue weighted by Gasteiger charge is 2.17. The lowest BCUT2D eigenvalue weighted by Gasteiger charge is -2.11. The molecule has 0 fully saturated rings. The van der Waals surface area contributed by atoms with Crippen molar-refractivity contribution in [2.24, 2.45) is 0 Å². The number of halogens is 3. The molecule has 0 spiro atoms. The van der Waals surface area contributed by atoms with Gasteiger partial charge < -0.3 is 15.2 Å². The van der Waals surface area contributed by atoms with Crippen LogP contribution in [0.25, 0.3) is 0 Å². The minimum Gasteiger partial charge on any atom is -0.478 e. The van der Waals surface area contributed by atoms with Crippen LogP contribution in [0.1, 0.15) is 26.3 Å². The minimum atomic E-state index is -1.06. The number of aromatic carboxylic acids is 1. The van der Waals surface area contributed by atoms with Gasteiger partial charge in [-0.05, 0) is 35.9 Å². The SMILES string of the molecule is O=C(O)c1ccc(CNC(=O)c2cc(F)cnc2Oc2ccc(F)c(Cl)c2)cc1. The van der Waals surface area contributed by atoms with E-state index in [1.807, 2.05) is 0 Å². The van der Waals surface area contributed by atoms with E-state index in [4.69, 9.17) is 21.4 Å². The van der Waals surface area contributed by atoms with E-state index >= 15 is 0 Å². The Morgan fingerprint density at radius 3 is 2.48 bits per heavy atom. The first-order chi connectivity index (χ1) is 13.8. The van der Waals surface area contributed by atoms with Gasteiger partial charge in [-0.1, -0.05) is 23.7 Å². The topological polar surface area (TPSA) is 88.5 Å². The first-order valence-corrected chi connectivity index (χ1v) is 8.60. The summed E-state index contributed by atoms with van der Waals surface area (Å²) in [5, 5.41) is 11.3. The van der Waals surface area contributed by atoms with Gasteiger partial charge in [-0.3, -0.25) is 4.79 Å². The van der Waals surface area contributed by atoms with Crippen LogP contribution in [0.5, 0.6) is 11.6 Å². The average Bonchev–Trinajstić information content (AvgIpc) is 2.70. The Labute approximate surface area is 168 Å². The molecule has 0 aliphatic rings. The fraction of sp³-hybridized carbons (Fsp3) is 0.0500. The molecule has 0 radical (unpaired) electrons. The summed E-state index contributed by atoms with van der Waals surface area (Å²) in [6.45, 7) is 0.0665. The maximum absolute atomic E-state index is 13.6. The lowest BCUT2D eigenvalue weighted by Crippen LogP contribution is -2.23. The average molecular weight is 419 g/mol. The molecule has 1 aromatic heterocycles. The molecule has 1 heterocycles. The molecule has 6 nitrogen and oxygen atoms in total. The van der Waals surface area contributed by atoms with E-state index < -0.39 is 23.5 Å². The number of hydrogen-bond donors (Lipinski definition) is 2. The zero-order valence-corrected chi connectivity index (χ0v) is 15.4. The molecule has 0 aliphatic carbocycles. The number of nitrogens with zero attached hydrogens (tertiary/aromatic N) is 1. The number of rotatable bonds is 6. The number of amides is 1. The van der Waals surface area contributed by atoms with Crippen molar-refractivity contribution in [1.82, 2.24) is 10.3 Å². The Bertz CT molecular complexity index is 1070. The molecule has 0 atom stereocenters. The van der Waals surface area contributed by atoms with Gasteiger partial charge in [0.2, 0.25) is 5.88 Å². The quantitative estimate of drug-likeness (QED) is 0.618. The zero-order valence-electron chi connectivity index (χ0n) is 14.7. The van der Waals surface area contributed by atoms with Crippen LogP contribution in [0.4, 0.5) is 8.78 Å². The van der Waals surface area contributed by atoms with Crippen LogP contribution in [0.2, 0.25) is 5.02 Å². The van der Waals surface area contributed by atoms with Crippen molar-refractivity contribution in [3.63, 3.8) is 0 Å². The molecule has 0 aliphatic heterocycles. The van der Waals surface area contributed by atoms with Crippen molar-refractivity contribution >= 4 is 23.5 Å². The van der Waals surface area contributed by atoms with Crippen LogP contribution in [0.15, 0.2) is 54.7 Å². The molecule has 9 heteroatoms. The number of hydrogen-bond acceptors (Lipinski definition) is 4. The second-order valence-electron chi connectivity index (χ2n) is 5.87. The standard InChI is InChI=1S/C20H13ClF2N2O4/c21-16-8-14(5-6-17(16)23)29-19-15(7-13(22)10-25-19)18(26)24-9-11-1-3-12(4-2-11)20(27)28/h1-8,10H,9H2,(H,24,26)(H,27,28). The second kappa shape index (κ2) is 8.66. The summed E-state index contributed by atoms with van der Waals surface area (Å²) in [7, 11) is 0. The molecular formula is C20H13ClF2N2O4. The Kier molecular flexibility index (Phi) is 6.04. The van der Waals surface area contributed by atoms with E-state index in [-0.39, 0.29) is 34.3 Å². The van der Waals surface area contributed by atoms with Gasteiger partial charge in [-0.15, -0.1) is 0 Å². The van der Waals surface area contributed by atoms with Gasteiger partial charge in [0, 0.05) is 12.6 Å². The molecule has 3 rings (SSSR count). The van der Waals surface area contributed by atoms with Gasteiger partial charge in [-0.25, -0.2) is 18.6 Å². The summed E-state index contributed by atoms with van der Waals surface area (Å²) >= 11 is 5.70. The number of carbonyl (C=O) groups is 2. The Morgan fingerprint density at radius 1 is 1.10 bits per heavy atom. The predicted molar refractivity (Wildman–Crippen MR) is 100 cm³/mol. The number of carboxylic acid groups (broad SMARTS) is 1. The number of aromatic nitrogens is 1. The smallest absolute Gasteiger partial charge is 0.335 e. The zero-order chi connectivity index (χ0) is 21.0. The van der Waals surface area contributed by atoms with E-state index in [0.717, 1.165) is 18.3 Å². The fourth-order valence-electron chi connectivity index (χ4n) is 2.37. The van der Waals surface area contributed by atoms with Gasteiger partial charge in [0.25, 0.3) is 5.91 Å². The lowest BCUT2D eigenvalue weighted by molar-refractivity contribution is 0.0696. The molecule has 2 aromatic carbocycles. The molecule has 1 amide bonds. The number of carboxylic acids is 1. The lowest BCUT2D eigenvalue weighted by atomic mass is 10.1. The van der Waals surface area contributed by atoms with E-state index in [9.17, 15) is 18.4 Å². The van der Waals surface area contributed by atoms with Gasteiger partial charge in [0.1, 0.15) is 22.9 Å². The van der Waals surface area contributed by atoms with Gasteiger partial charge in [0.05, 0.1) is 16.8 Å². The molecule has 29 heavy (non-hydrogen) atoms. The maximum atomic E-state index is 13.6. The normalized spacial score (nSPS) is 10.4. The fourth-order valence-corrected chi connectivity index (χ4v) is 2.54. The summed E-state index contributed by atoms with van der Waals surface area (Å²) < 4.78 is 32.4. The molecule has 0 saturated carbocycles. The monoisotopic (exact) mass is 418 g/mol. The van der Waals surface area contributed by atoms with E-state index in [1.165, 1.54) is 24.3 Å². The summed E-state index contributed by atoms with van der Waals surface area (Å²) in [6, 6.07) is 10.4. The van der Waals surface area contributed by atoms with Gasteiger partial charge in [0.15, 0.2) is 0 Å². The number of pyridine rings is 1. The third-order valence-corrected chi connectivity index (χ3v) is 4.11. The maximum Gasteiger partial charge on any atom is 0.335 e. The van der Waals surface area contributed by atoms with Crippen LogP contribution >= 0.6 is 11.6 Å². The van der Waals surface area contributed by atoms with Crippen molar-refractivity contribution in [2.45, 2.75) is 6.54 Å². The van der Waals surface area contributed by atoms with Crippen molar-refractivity contribution in [3.8, 4) is 11.6 Å². The van der Waals surface area contributed by atoms with Crippen molar-refractivity contribution < 1.29 is 28.2 Å². The first-order valence-electron chi connectivity index (χ1n) is 8.22. The summed E-state index contributed by atoms with van der Waals surface area (Å²) in [4.78, 5) is 27.1. The third kappa shape index (κ3) is 5.05. The van der Waals surface area contributed by atoms with Gasteiger partial charge in [-0.2, -0.15) is 0 Å². The number of nitrogens with one attached hydrogen (secondary N) is 1. The predicted octanol–water partition coefficient (Wildman–Crippen LogP) is 4.43. The number of carbonyl (C=O) groups excluding carboxylic acids is 1. The van der Waals surface area contributed by atoms with Crippen LogP contribution in [-0.4, -0.2) is 22.0 Å². The molecule has 3 aromatic rings. The minimum absolute atomic E-state index is 0.0665. The summed E-state index contributed by atoms with van der Waals surface area (Å²) in [6.07, 6.45) is 0.877. The second-order valence-corrected chi connectivity index (χ2v) is 6.28. The van der Waals surface area contributed by atoms with E-state index in [2.05, 4.69) is 10.3 Å². The summed E-state index contributed by atoms with van der Waals surface area (Å²) in [5.41, 5.74) is 0.580. The highest BCUT2D eigenvalue weighted by Crippen LogP contribution is 2.27. The molecule has 148 valence electrons. The van der Waals surface area contributed by atoms with Crippen LogP contribution < -0.4 is 10.1 Å². The number of ether oxygens (including phenoxy) is 1. The van der Waals surface area contributed by atoms with Crippen molar-refractivity contribution in [1.29, 1.82) is 0 Å². The van der Waals surface area contributed by atoms with Gasteiger partial charge >= 0.3 is 5.97 Å². The molecule has 2 N–H and O–H groups in total. The number of benzene rings is 2. The largest absolute Gasteiger partial charge is 0.478 e. The highest BCUT2D eigenvalue weighted by atomic mass is 35.5. The van der Waals surface area contributed by atoms with Crippen molar-refractivity contribution in [3.05, 3.63) is 88.1 Å². The molecule has 0 bridgehead atoms. The van der Waals surface area contributed by atoms with Crippen LogP contribution in [0.3, 0.4) is 0 Å². The highest BCUT2D eigenvalue weighted by molar-refractivity contribution is 6.30. The first kappa shape index (κ1) is 20.2. The molecular weight excluding hydrogens is 406 g/mol. The van der Waals surface area contributed by atoms with Crippen molar-refractivity contribution in [2.75, 3.05) is 0 Å². The van der Waals surface area contributed by atoms with Crippen LogP contribution in [0, 0.1) is 11.6 Å². The third-order valence-electron chi connectivity index (χ3n) is 3.82. The Morgan fingerprint density at radius 2 is 1.83 bits per heavy atom. The molecule has 0 unspecified atom stereocenters.